The molecule has 0 spiro atoms. The first-order chi connectivity index (χ1) is 12.1. The zero-order valence-corrected chi connectivity index (χ0v) is 13.7. The smallest absolute Gasteiger partial charge is 0.248 e. The van der Waals surface area contributed by atoms with E-state index in [4.69, 9.17) is 0 Å². The number of aromatic nitrogens is 1. The number of hydrogen-bond acceptors (Lipinski definition) is 4. The fraction of sp³-hybridized carbons (Fsp3) is 0.250. The van der Waals surface area contributed by atoms with Crippen LogP contribution in [0, 0.1) is 0 Å². The Morgan fingerprint density at radius 2 is 1.80 bits per heavy atom. The average Bonchev–Trinajstić information content (AvgIpc) is 3.03. The Morgan fingerprint density at radius 3 is 2.52 bits per heavy atom. The van der Waals surface area contributed by atoms with Crippen molar-refractivity contribution in [2.75, 3.05) is 6.54 Å². The molecule has 1 heterocycles. The van der Waals surface area contributed by atoms with Crippen LogP contribution in [0.1, 0.15) is 22.8 Å². The number of phenolic OH excluding ortho intramolecular Hbond substituents is 1. The first-order valence-electron chi connectivity index (χ1n) is 8.45. The zero-order chi connectivity index (χ0) is 17.4. The first-order valence-corrected chi connectivity index (χ1v) is 8.45. The Bertz CT molecular complexity index is 955. The van der Waals surface area contributed by atoms with Gasteiger partial charge in [0.15, 0.2) is 0 Å². The molecule has 0 amide bonds. The summed E-state index contributed by atoms with van der Waals surface area (Å²) in [6, 6.07) is 15.0. The van der Waals surface area contributed by atoms with Crippen molar-refractivity contribution in [3.8, 4) is 5.75 Å². The molecule has 5 nitrogen and oxygen atoms in total. The summed E-state index contributed by atoms with van der Waals surface area (Å²) >= 11 is 0. The van der Waals surface area contributed by atoms with Crippen molar-refractivity contribution in [3.05, 3.63) is 75.6 Å². The molecule has 1 aliphatic rings. The van der Waals surface area contributed by atoms with E-state index < -0.39 is 6.10 Å². The van der Waals surface area contributed by atoms with E-state index in [0.717, 1.165) is 12.8 Å². The number of hydrogen-bond donors (Lipinski definition) is 4. The molecule has 4 rings (SSSR count). The van der Waals surface area contributed by atoms with Crippen molar-refractivity contribution in [3.63, 3.8) is 0 Å². The predicted octanol–water partition coefficient (Wildman–Crippen LogP) is 2.02. The highest BCUT2D eigenvalue weighted by Crippen LogP contribution is 2.29. The van der Waals surface area contributed by atoms with Gasteiger partial charge in [-0.05, 0) is 41.7 Å². The lowest BCUT2D eigenvalue weighted by Gasteiger charge is -2.18. The predicted molar refractivity (Wildman–Crippen MR) is 96.8 cm³/mol. The van der Waals surface area contributed by atoms with Crippen LogP contribution in [0.5, 0.6) is 5.75 Å². The average molecular weight is 336 g/mol. The molecular formula is C20H20N2O3. The van der Waals surface area contributed by atoms with Crippen molar-refractivity contribution >= 4 is 10.9 Å². The maximum atomic E-state index is 11.5. The second-order valence-corrected chi connectivity index (χ2v) is 6.58. The third-order valence-corrected chi connectivity index (χ3v) is 4.92. The summed E-state index contributed by atoms with van der Waals surface area (Å²) in [6.45, 7) is 0.414. The standard InChI is InChI=1S/C20H20N2O3/c23-17-7-5-15(16-6-8-19(25)22-20(16)17)18(24)11-21-14-9-12-3-1-2-4-13(12)10-14/h1-8,14,18,21,23-24H,9-11H2,(H,22,25)/t18-/m0/s1. The van der Waals surface area contributed by atoms with Crippen molar-refractivity contribution in [1.29, 1.82) is 0 Å². The van der Waals surface area contributed by atoms with Crippen LogP contribution in [-0.4, -0.2) is 27.8 Å². The van der Waals surface area contributed by atoms with Crippen LogP contribution in [0.2, 0.25) is 0 Å². The summed E-state index contributed by atoms with van der Waals surface area (Å²) in [6.07, 6.45) is 1.21. The van der Waals surface area contributed by atoms with Gasteiger partial charge in [0.25, 0.3) is 0 Å². The van der Waals surface area contributed by atoms with Gasteiger partial charge in [-0.1, -0.05) is 30.3 Å². The lowest BCUT2D eigenvalue weighted by Crippen LogP contribution is -2.33. The molecule has 3 aromatic rings. The highest BCUT2D eigenvalue weighted by atomic mass is 16.3. The number of aliphatic hydroxyl groups excluding tert-OH is 1. The van der Waals surface area contributed by atoms with Crippen molar-refractivity contribution in [1.82, 2.24) is 10.3 Å². The van der Waals surface area contributed by atoms with Gasteiger partial charge in [0.05, 0.1) is 11.6 Å². The molecule has 0 aliphatic heterocycles. The number of aromatic amines is 1. The number of aromatic hydroxyl groups is 1. The Balaban J connectivity index is 1.51. The Hall–Kier alpha value is -2.63. The number of pyridine rings is 1. The number of benzene rings is 2. The number of fused-ring (bicyclic) bond motifs is 2. The van der Waals surface area contributed by atoms with E-state index in [0.29, 0.717) is 29.1 Å². The fourth-order valence-electron chi connectivity index (χ4n) is 3.64. The van der Waals surface area contributed by atoms with Gasteiger partial charge in [0, 0.05) is 24.0 Å². The van der Waals surface area contributed by atoms with E-state index >= 15 is 0 Å². The van der Waals surface area contributed by atoms with E-state index in [1.807, 2.05) is 0 Å². The summed E-state index contributed by atoms with van der Waals surface area (Å²) in [4.78, 5) is 14.1. The summed E-state index contributed by atoms with van der Waals surface area (Å²) in [5.41, 5.74) is 3.49. The van der Waals surface area contributed by atoms with Gasteiger partial charge in [0.2, 0.25) is 5.56 Å². The van der Waals surface area contributed by atoms with Crippen molar-refractivity contribution in [2.24, 2.45) is 0 Å². The van der Waals surface area contributed by atoms with E-state index in [1.165, 1.54) is 23.3 Å². The molecule has 25 heavy (non-hydrogen) atoms. The molecule has 1 aliphatic carbocycles. The van der Waals surface area contributed by atoms with E-state index in [1.54, 1.807) is 12.1 Å². The maximum absolute atomic E-state index is 11.5. The van der Waals surface area contributed by atoms with Crippen LogP contribution in [-0.2, 0) is 12.8 Å². The lowest BCUT2D eigenvalue weighted by atomic mass is 10.0. The molecule has 1 aromatic heterocycles. The Kier molecular flexibility index (Phi) is 4.03. The topological polar surface area (TPSA) is 85.3 Å². The molecule has 0 fully saturated rings. The summed E-state index contributed by atoms with van der Waals surface area (Å²) < 4.78 is 0. The van der Waals surface area contributed by atoms with Gasteiger partial charge in [0.1, 0.15) is 5.75 Å². The quantitative estimate of drug-likeness (QED) is 0.587. The highest BCUT2D eigenvalue weighted by molar-refractivity contribution is 5.87. The highest BCUT2D eigenvalue weighted by Gasteiger charge is 2.22. The molecule has 0 bridgehead atoms. The number of aliphatic hydroxyl groups is 1. The minimum absolute atomic E-state index is 0.00264. The minimum atomic E-state index is -0.724. The largest absolute Gasteiger partial charge is 0.506 e. The number of nitrogens with one attached hydrogen (secondary N) is 2. The molecule has 4 N–H and O–H groups in total. The van der Waals surface area contributed by atoms with Crippen LogP contribution in [0.3, 0.4) is 0 Å². The van der Waals surface area contributed by atoms with Gasteiger partial charge in [-0.15, -0.1) is 0 Å². The van der Waals surface area contributed by atoms with Crippen LogP contribution in [0.15, 0.2) is 53.3 Å². The normalized spacial score (nSPS) is 15.4. The van der Waals surface area contributed by atoms with Gasteiger partial charge < -0.3 is 20.5 Å². The molecule has 0 radical (unpaired) electrons. The minimum Gasteiger partial charge on any atom is -0.506 e. The molecule has 128 valence electrons. The molecule has 2 aromatic carbocycles. The van der Waals surface area contributed by atoms with Gasteiger partial charge in [-0.25, -0.2) is 0 Å². The van der Waals surface area contributed by atoms with Crippen LogP contribution >= 0.6 is 0 Å². The Morgan fingerprint density at radius 1 is 1.08 bits per heavy atom. The second-order valence-electron chi connectivity index (χ2n) is 6.58. The molecule has 5 heteroatoms. The maximum Gasteiger partial charge on any atom is 0.248 e. The number of H-pyrrole nitrogens is 1. The van der Waals surface area contributed by atoms with E-state index in [-0.39, 0.29) is 11.3 Å². The SMILES string of the molecule is O=c1ccc2c([C@@H](O)CNC3Cc4ccccc4C3)ccc(O)c2[nH]1. The van der Waals surface area contributed by atoms with E-state index in [9.17, 15) is 15.0 Å². The van der Waals surface area contributed by atoms with Gasteiger partial charge >= 0.3 is 0 Å². The molecule has 1 atom stereocenters. The van der Waals surface area contributed by atoms with Crippen LogP contribution < -0.4 is 10.9 Å². The fourth-order valence-corrected chi connectivity index (χ4v) is 3.64. The van der Waals surface area contributed by atoms with E-state index in [2.05, 4.69) is 34.6 Å². The molecule has 0 saturated carbocycles. The lowest BCUT2D eigenvalue weighted by molar-refractivity contribution is 0.171. The molecular weight excluding hydrogens is 316 g/mol. The third-order valence-electron chi connectivity index (χ3n) is 4.92. The van der Waals surface area contributed by atoms with Gasteiger partial charge in [-0.3, -0.25) is 4.79 Å². The van der Waals surface area contributed by atoms with Crippen LogP contribution in [0.4, 0.5) is 0 Å². The van der Waals surface area contributed by atoms with Gasteiger partial charge in [-0.2, -0.15) is 0 Å². The number of rotatable bonds is 4. The molecule has 0 unspecified atom stereocenters. The van der Waals surface area contributed by atoms with Crippen molar-refractivity contribution < 1.29 is 10.2 Å². The summed E-state index contributed by atoms with van der Waals surface area (Å²) in [5.74, 6) is 0.00264. The Labute approximate surface area is 145 Å². The van der Waals surface area contributed by atoms with Crippen LogP contribution in [0.25, 0.3) is 10.9 Å². The number of phenols is 1. The monoisotopic (exact) mass is 336 g/mol. The summed E-state index contributed by atoms with van der Waals surface area (Å²) in [5, 5.41) is 24.6. The third kappa shape index (κ3) is 3.04. The van der Waals surface area contributed by atoms with Crippen molar-refractivity contribution in [2.45, 2.75) is 25.0 Å². The molecule has 0 saturated heterocycles. The first kappa shape index (κ1) is 15.9. The summed E-state index contributed by atoms with van der Waals surface area (Å²) in [7, 11) is 0. The second kappa shape index (κ2) is 6.35. The zero-order valence-electron chi connectivity index (χ0n) is 13.7.